The molecule has 3 N–H and O–H groups in total. The van der Waals surface area contributed by atoms with Crippen LogP contribution in [0.25, 0.3) is 6.08 Å². The van der Waals surface area contributed by atoms with E-state index in [1.54, 1.807) is 12.1 Å². The van der Waals surface area contributed by atoms with Crippen LogP contribution in [0.2, 0.25) is 0 Å². The summed E-state index contributed by atoms with van der Waals surface area (Å²) < 4.78 is 10.8. The van der Waals surface area contributed by atoms with Crippen molar-refractivity contribution in [3.8, 4) is 11.5 Å². The maximum atomic E-state index is 12.8. The first-order chi connectivity index (χ1) is 13.4. The normalized spacial score (nSPS) is 30.5. The van der Waals surface area contributed by atoms with Gasteiger partial charge in [0.2, 0.25) is 0 Å². The van der Waals surface area contributed by atoms with Gasteiger partial charge in [-0.3, -0.25) is 4.79 Å². The fourth-order valence-corrected chi connectivity index (χ4v) is 3.58. The minimum absolute atomic E-state index is 0.00912. The smallest absolute Gasteiger partial charge is 0.342 e. The Morgan fingerprint density at radius 3 is 2.68 bits per heavy atom. The molecule has 1 aliphatic carbocycles. The summed E-state index contributed by atoms with van der Waals surface area (Å²) in [5.74, 6) is -1.33. The van der Waals surface area contributed by atoms with Crippen LogP contribution in [-0.4, -0.2) is 52.5 Å². The van der Waals surface area contributed by atoms with Gasteiger partial charge < -0.3 is 24.8 Å². The van der Waals surface area contributed by atoms with Crippen molar-refractivity contribution >= 4 is 17.8 Å². The van der Waals surface area contributed by atoms with Crippen LogP contribution < -0.4 is 4.74 Å². The highest BCUT2D eigenvalue weighted by atomic mass is 16.5. The molecular formula is C21H24O7. The highest BCUT2D eigenvalue weighted by molar-refractivity contribution is 5.97. The third kappa shape index (κ3) is 4.26. The van der Waals surface area contributed by atoms with E-state index in [1.165, 1.54) is 31.4 Å². The van der Waals surface area contributed by atoms with Crippen LogP contribution in [0.4, 0.5) is 0 Å². The molecule has 3 rings (SSSR count). The molecule has 0 amide bonds. The Morgan fingerprint density at radius 1 is 1.14 bits per heavy atom. The fourth-order valence-electron chi connectivity index (χ4n) is 3.58. The fraction of sp³-hybridized carbons (Fsp3) is 0.429. The van der Waals surface area contributed by atoms with E-state index in [0.29, 0.717) is 17.7 Å². The molecule has 2 unspecified atom stereocenters. The van der Waals surface area contributed by atoms with E-state index in [4.69, 9.17) is 9.47 Å². The molecule has 1 saturated carbocycles. The number of benzene rings is 1. The zero-order chi connectivity index (χ0) is 20.3. The number of aromatic hydroxyl groups is 1. The molecule has 2 aliphatic rings. The van der Waals surface area contributed by atoms with Gasteiger partial charge in [-0.15, -0.1) is 0 Å². The predicted molar refractivity (Wildman–Crippen MR) is 101 cm³/mol. The van der Waals surface area contributed by atoms with Crippen molar-refractivity contribution in [1.82, 2.24) is 0 Å². The molecule has 4 atom stereocenters. The van der Waals surface area contributed by atoms with Crippen LogP contribution in [0.1, 0.15) is 41.6 Å². The summed E-state index contributed by atoms with van der Waals surface area (Å²) >= 11 is 0. The molecule has 0 radical (unpaired) electrons. The monoisotopic (exact) mass is 388 g/mol. The highest BCUT2D eigenvalue weighted by Gasteiger charge is 2.31. The van der Waals surface area contributed by atoms with Crippen molar-refractivity contribution in [1.29, 1.82) is 0 Å². The van der Waals surface area contributed by atoms with E-state index in [0.717, 1.165) is 12.8 Å². The number of aliphatic hydroxyl groups is 2. The number of rotatable bonds is 1. The van der Waals surface area contributed by atoms with Gasteiger partial charge in [0.1, 0.15) is 29.3 Å². The van der Waals surface area contributed by atoms with Crippen LogP contribution in [0.5, 0.6) is 11.5 Å². The first kappa shape index (κ1) is 20.1. The molecule has 1 aromatic rings. The maximum absolute atomic E-state index is 12.8. The highest BCUT2D eigenvalue weighted by Crippen LogP contribution is 2.34. The van der Waals surface area contributed by atoms with Crippen molar-refractivity contribution in [2.24, 2.45) is 5.92 Å². The first-order valence-corrected chi connectivity index (χ1v) is 9.27. The molecule has 1 aromatic carbocycles. The SMILES string of the molecule is COc1cc(O)c2c(c1)/C=C/C[C@H](O)[C@H](O)C(=O)/C=C\C1CCCC1OC2=O. The lowest BCUT2D eigenvalue weighted by Gasteiger charge is -2.20. The van der Waals surface area contributed by atoms with Crippen LogP contribution >= 0.6 is 0 Å². The van der Waals surface area contributed by atoms with Crippen molar-refractivity contribution in [3.05, 3.63) is 41.5 Å². The summed E-state index contributed by atoms with van der Waals surface area (Å²) in [6, 6.07) is 2.90. The predicted octanol–water partition coefficient (Wildman–Crippen LogP) is 1.99. The molecule has 0 spiro atoms. The topological polar surface area (TPSA) is 113 Å². The van der Waals surface area contributed by atoms with Gasteiger partial charge in [-0.1, -0.05) is 18.2 Å². The summed E-state index contributed by atoms with van der Waals surface area (Å²) in [7, 11) is 1.44. The third-order valence-electron chi connectivity index (χ3n) is 5.16. The largest absolute Gasteiger partial charge is 0.507 e. The molecular weight excluding hydrogens is 364 g/mol. The molecule has 0 saturated heterocycles. The van der Waals surface area contributed by atoms with Crippen molar-refractivity contribution < 1.29 is 34.4 Å². The van der Waals surface area contributed by atoms with E-state index >= 15 is 0 Å². The molecule has 1 fully saturated rings. The van der Waals surface area contributed by atoms with Crippen LogP contribution in [0.3, 0.4) is 0 Å². The Hall–Kier alpha value is -2.64. The minimum atomic E-state index is -1.54. The number of methoxy groups -OCH3 is 1. The molecule has 150 valence electrons. The van der Waals surface area contributed by atoms with Crippen molar-refractivity contribution in [2.75, 3.05) is 7.11 Å². The standard InChI is InChI=1S/C21H24O7/c1-27-14-10-13-5-2-6-15(22)20(25)16(23)9-8-12-4-3-7-18(12)28-21(26)19(13)17(24)11-14/h2,5,8-12,15,18,20,22,24-25H,3-4,6-7H2,1H3/b5-2+,9-8-/t12?,15-,18?,20-/m0/s1. The maximum Gasteiger partial charge on any atom is 0.342 e. The number of ketones is 1. The van der Waals surface area contributed by atoms with E-state index in [2.05, 4.69) is 0 Å². The number of ether oxygens (including phenoxy) is 2. The van der Waals surface area contributed by atoms with Crippen molar-refractivity contribution in [2.45, 2.75) is 44.0 Å². The van der Waals surface area contributed by atoms with Gasteiger partial charge in [0.05, 0.1) is 13.2 Å². The lowest BCUT2D eigenvalue weighted by molar-refractivity contribution is -0.127. The molecule has 0 aromatic heterocycles. The first-order valence-electron chi connectivity index (χ1n) is 9.27. The number of fused-ring (bicyclic) bond motifs is 2. The molecule has 1 heterocycles. The van der Waals surface area contributed by atoms with Gasteiger partial charge >= 0.3 is 5.97 Å². The average Bonchev–Trinajstić information content (AvgIpc) is 3.10. The van der Waals surface area contributed by atoms with E-state index in [1.807, 2.05) is 0 Å². The number of esters is 1. The number of hydrogen-bond acceptors (Lipinski definition) is 7. The number of carbonyl (C=O) groups is 2. The Balaban J connectivity index is 2.03. The number of hydrogen-bond donors (Lipinski definition) is 3. The van der Waals surface area contributed by atoms with Gasteiger partial charge in [-0.2, -0.15) is 0 Å². The van der Waals surface area contributed by atoms with E-state index in [9.17, 15) is 24.9 Å². The number of phenols is 1. The van der Waals surface area contributed by atoms with Gasteiger partial charge in [0, 0.05) is 12.0 Å². The Labute approximate surface area is 162 Å². The lowest BCUT2D eigenvalue weighted by Crippen LogP contribution is -2.32. The average molecular weight is 388 g/mol. The van der Waals surface area contributed by atoms with Crippen LogP contribution in [0, 0.1) is 5.92 Å². The zero-order valence-electron chi connectivity index (χ0n) is 15.6. The van der Waals surface area contributed by atoms with Crippen molar-refractivity contribution in [3.63, 3.8) is 0 Å². The van der Waals surface area contributed by atoms with Gasteiger partial charge in [-0.05, 0) is 43.4 Å². The second-order valence-electron chi connectivity index (χ2n) is 7.06. The summed E-state index contributed by atoms with van der Waals surface area (Å²) in [6.07, 6.45) is 4.84. The lowest BCUT2D eigenvalue weighted by atomic mass is 9.99. The summed E-state index contributed by atoms with van der Waals surface area (Å²) in [4.78, 5) is 24.9. The van der Waals surface area contributed by atoms with Crippen LogP contribution in [-0.2, 0) is 9.53 Å². The Kier molecular flexibility index (Phi) is 6.16. The number of carbonyl (C=O) groups excluding carboxylic acids is 2. The van der Waals surface area contributed by atoms with Crippen LogP contribution in [0.15, 0.2) is 30.4 Å². The minimum Gasteiger partial charge on any atom is -0.507 e. The second-order valence-corrected chi connectivity index (χ2v) is 7.06. The number of aliphatic hydroxyl groups excluding tert-OH is 2. The molecule has 0 bridgehead atoms. The van der Waals surface area contributed by atoms with Gasteiger partial charge in [-0.25, -0.2) is 4.79 Å². The van der Waals surface area contributed by atoms with Gasteiger partial charge in [0.15, 0.2) is 5.78 Å². The molecule has 7 heteroatoms. The molecule has 28 heavy (non-hydrogen) atoms. The van der Waals surface area contributed by atoms with Gasteiger partial charge in [0.25, 0.3) is 0 Å². The number of phenolic OH excluding ortho intramolecular Hbond substituents is 1. The zero-order valence-corrected chi connectivity index (χ0v) is 15.6. The molecule has 7 nitrogen and oxygen atoms in total. The molecule has 1 aliphatic heterocycles. The second kappa shape index (κ2) is 8.58. The quantitative estimate of drug-likeness (QED) is 0.631. The van der Waals surface area contributed by atoms with E-state index < -0.39 is 30.1 Å². The Morgan fingerprint density at radius 2 is 1.93 bits per heavy atom. The van der Waals surface area contributed by atoms with E-state index in [-0.39, 0.29) is 23.7 Å². The third-order valence-corrected chi connectivity index (χ3v) is 5.16. The summed E-state index contributed by atoms with van der Waals surface area (Å²) in [5.41, 5.74) is 0.367. The summed E-state index contributed by atoms with van der Waals surface area (Å²) in [6.45, 7) is 0. The Bertz CT molecular complexity index is 811. The summed E-state index contributed by atoms with van der Waals surface area (Å²) in [5, 5.41) is 30.5.